The highest BCUT2D eigenvalue weighted by atomic mass is 32.2. The summed E-state index contributed by atoms with van der Waals surface area (Å²) in [7, 11) is -3.30. The first-order chi connectivity index (χ1) is 8.04. The first-order valence-corrected chi connectivity index (χ1v) is 7.64. The Hall–Kier alpha value is -1.11. The number of rotatable bonds is 4. The predicted molar refractivity (Wildman–Crippen MR) is 65.9 cm³/mol. The molecule has 1 rings (SSSR count). The average Bonchev–Trinajstić information content (AvgIpc) is 2.18. The molecule has 1 atom stereocenters. The average molecular weight is 277 g/mol. The van der Waals surface area contributed by atoms with Crippen molar-refractivity contribution in [1.29, 1.82) is 0 Å². The van der Waals surface area contributed by atoms with Crippen LogP contribution in [0.5, 0.6) is 0 Å². The molecule has 1 saturated heterocycles. The molecule has 0 bridgehead atoms. The van der Waals surface area contributed by atoms with E-state index in [-0.39, 0.29) is 25.4 Å². The molecule has 18 heavy (non-hydrogen) atoms. The minimum atomic E-state index is -3.30. The van der Waals surface area contributed by atoms with Crippen LogP contribution in [0.1, 0.15) is 26.7 Å². The summed E-state index contributed by atoms with van der Waals surface area (Å²) >= 11 is 0. The molecule has 1 aliphatic rings. The second kappa shape index (κ2) is 4.87. The van der Waals surface area contributed by atoms with Crippen LogP contribution < -0.4 is 0 Å². The summed E-state index contributed by atoms with van der Waals surface area (Å²) in [5.74, 6) is -1.72. The smallest absolute Gasteiger partial charge is 0.308 e. The zero-order valence-electron chi connectivity index (χ0n) is 10.8. The van der Waals surface area contributed by atoms with Crippen LogP contribution in [0.15, 0.2) is 0 Å². The Morgan fingerprint density at radius 2 is 2.06 bits per heavy atom. The van der Waals surface area contributed by atoms with Crippen LogP contribution >= 0.6 is 0 Å². The lowest BCUT2D eigenvalue weighted by molar-refractivity contribution is -0.147. The number of amides is 1. The summed E-state index contributed by atoms with van der Waals surface area (Å²) in [5, 5.41) is 8.94. The number of hydrogen-bond acceptors (Lipinski definition) is 4. The van der Waals surface area contributed by atoms with E-state index >= 15 is 0 Å². The first kappa shape index (κ1) is 14.9. The second-order valence-electron chi connectivity index (χ2n) is 5.38. The Kier molecular flexibility index (Phi) is 4.05. The lowest BCUT2D eigenvalue weighted by Gasteiger charge is -2.35. The number of carboxylic acid groups (broad SMARTS) is 1. The summed E-state index contributed by atoms with van der Waals surface area (Å²) in [4.78, 5) is 24.0. The molecule has 104 valence electrons. The number of carbonyl (C=O) groups is 2. The van der Waals surface area contributed by atoms with E-state index in [0.29, 0.717) is 6.42 Å². The van der Waals surface area contributed by atoms with Gasteiger partial charge in [0.15, 0.2) is 9.84 Å². The number of carbonyl (C=O) groups excluding carboxylic acids is 1. The quantitative estimate of drug-likeness (QED) is 0.788. The molecule has 0 aliphatic carbocycles. The molecule has 0 aromatic rings. The van der Waals surface area contributed by atoms with Gasteiger partial charge >= 0.3 is 5.97 Å². The van der Waals surface area contributed by atoms with E-state index in [0.717, 1.165) is 6.26 Å². The summed E-state index contributed by atoms with van der Waals surface area (Å²) in [6.07, 6.45) is 1.61. The summed E-state index contributed by atoms with van der Waals surface area (Å²) < 4.78 is 22.1. The van der Waals surface area contributed by atoms with Gasteiger partial charge in [-0.1, -0.05) is 0 Å². The maximum Gasteiger partial charge on any atom is 0.308 e. The number of carboxylic acids is 1. The molecule has 0 aromatic carbocycles. The molecule has 1 unspecified atom stereocenters. The van der Waals surface area contributed by atoms with Crippen LogP contribution in [0.2, 0.25) is 0 Å². The number of piperidine rings is 1. The van der Waals surface area contributed by atoms with E-state index in [9.17, 15) is 18.0 Å². The Labute approximate surface area is 107 Å². The van der Waals surface area contributed by atoms with Gasteiger partial charge in [-0.2, -0.15) is 0 Å². The van der Waals surface area contributed by atoms with Gasteiger partial charge in [0.2, 0.25) is 5.91 Å². The van der Waals surface area contributed by atoms with Crippen LogP contribution in [0, 0.1) is 5.92 Å². The van der Waals surface area contributed by atoms with E-state index < -0.39 is 26.5 Å². The Morgan fingerprint density at radius 1 is 1.50 bits per heavy atom. The molecule has 1 aliphatic heterocycles. The number of nitrogens with zero attached hydrogens (tertiary/aromatic N) is 1. The standard InChI is InChI=1S/C11H19NO5S/c1-11(2,18(3,16)17)7-12-6-8(10(14)15)4-5-9(12)13/h8H,4-7H2,1-3H3,(H,14,15). The second-order valence-corrected chi connectivity index (χ2v) is 8.03. The van der Waals surface area contributed by atoms with Gasteiger partial charge in [0.05, 0.1) is 10.7 Å². The lowest BCUT2D eigenvalue weighted by Crippen LogP contribution is -2.50. The maximum absolute atomic E-state index is 11.7. The van der Waals surface area contributed by atoms with E-state index in [2.05, 4.69) is 0 Å². The number of likely N-dealkylation sites (tertiary alicyclic amines) is 1. The third-order valence-electron chi connectivity index (χ3n) is 3.42. The summed E-state index contributed by atoms with van der Waals surface area (Å²) in [6, 6.07) is 0. The van der Waals surface area contributed by atoms with Crippen molar-refractivity contribution >= 4 is 21.7 Å². The molecule has 6 nitrogen and oxygen atoms in total. The van der Waals surface area contributed by atoms with Crippen LogP contribution in [-0.2, 0) is 19.4 Å². The monoisotopic (exact) mass is 277 g/mol. The third-order valence-corrected chi connectivity index (χ3v) is 5.56. The van der Waals surface area contributed by atoms with Crippen molar-refractivity contribution in [3.63, 3.8) is 0 Å². The molecule has 1 N–H and O–H groups in total. The fraction of sp³-hybridized carbons (Fsp3) is 0.818. The van der Waals surface area contributed by atoms with E-state index in [1.807, 2.05) is 0 Å². The van der Waals surface area contributed by atoms with Crippen molar-refractivity contribution in [2.75, 3.05) is 19.3 Å². The third kappa shape index (κ3) is 3.22. The van der Waals surface area contributed by atoms with Crippen LogP contribution in [0.25, 0.3) is 0 Å². The molecule has 0 spiro atoms. The molecule has 0 aromatic heterocycles. The fourth-order valence-corrected chi connectivity index (χ4v) is 2.24. The zero-order chi connectivity index (χ0) is 14.1. The highest BCUT2D eigenvalue weighted by Gasteiger charge is 2.37. The minimum Gasteiger partial charge on any atom is -0.481 e. The largest absolute Gasteiger partial charge is 0.481 e. The molecular weight excluding hydrogens is 258 g/mol. The Bertz CT molecular complexity index is 454. The van der Waals surface area contributed by atoms with Gasteiger partial charge in [-0.15, -0.1) is 0 Å². The molecule has 0 saturated carbocycles. The van der Waals surface area contributed by atoms with Crippen molar-refractivity contribution in [3.8, 4) is 0 Å². The summed E-state index contributed by atoms with van der Waals surface area (Å²) in [5.41, 5.74) is 0. The van der Waals surface area contributed by atoms with Gasteiger partial charge in [0, 0.05) is 25.8 Å². The van der Waals surface area contributed by atoms with Gasteiger partial charge in [-0.3, -0.25) is 9.59 Å². The van der Waals surface area contributed by atoms with Gasteiger partial charge in [0.1, 0.15) is 0 Å². The number of sulfone groups is 1. The SMILES string of the molecule is CC(C)(CN1CC(C(=O)O)CCC1=O)S(C)(=O)=O. The van der Waals surface area contributed by atoms with Crippen molar-refractivity contribution in [1.82, 2.24) is 4.90 Å². The Balaban J connectivity index is 2.82. The van der Waals surface area contributed by atoms with Crippen molar-refractivity contribution in [3.05, 3.63) is 0 Å². The molecule has 1 fully saturated rings. The van der Waals surface area contributed by atoms with Gasteiger partial charge in [-0.25, -0.2) is 8.42 Å². The normalized spacial score (nSPS) is 22.1. The lowest BCUT2D eigenvalue weighted by atomic mass is 9.97. The topological polar surface area (TPSA) is 91.8 Å². The van der Waals surface area contributed by atoms with E-state index in [1.54, 1.807) is 13.8 Å². The molecule has 1 amide bonds. The first-order valence-electron chi connectivity index (χ1n) is 5.75. The fourth-order valence-electron chi connectivity index (χ4n) is 1.85. The Morgan fingerprint density at radius 3 is 2.50 bits per heavy atom. The van der Waals surface area contributed by atoms with Crippen LogP contribution in [-0.4, -0.2) is 54.4 Å². The van der Waals surface area contributed by atoms with Gasteiger partial charge in [-0.05, 0) is 20.3 Å². The molecular formula is C11H19NO5S. The van der Waals surface area contributed by atoms with E-state index in [4.69, 9.17) is 5.11 Å². The van der Waals surface area contributed by atoms with Gasteiger partial charge < -0.3 is 10.0 Å². The predicted octanol–water partition coefficient (Wildman–Crippen LogP) is 0.133. The number of hydrogen-bond donors (Lipinski definition) is 1. The van der Waals surface area contributed by atoms with Gasteiger partial charge in [0.25, 0.3) is 0 Å². The molecule has 7 heteroatoms. The van der Waals surface area contributed by atoms with Crippen molar-refractivity contribution < 1.29 is 23.1 Å². The zero-order valence-corrected chi connectivity index (χ0v) is 11.7. The molecule has 1 heterocycles. The van der Waals surface area contributed by atoms with Crippen LogP contribution in [0.4, 0.5) is 0 Å². The van der Waals surface area contributed by atoms with E-state index in [1.165, 1.54) is 4.90 Å². The highest BCUT2D eigenvalue weighted by molar-refractivity contribution is 7.92. The van der Waals surface area contributed by atoms with Crippen LogP contribution in [0.3, 0.4) is 0 Å². The number of aliphatic carboxylic acids is 1. The minimum absolute atomic E-state index is 0.0362. The maximum atomic E-state index is 11.7. The highest BCUT2D eigenvalue weighted by Crippen LogP contribution is 2.23. The van der Waals surface area contributed by atoms with Crippen molar-refractivity contribution in [2.45, 2.75) is 31.4 Å². The van der Waals surface area contributed by atoms with Crippen molar-refractivity contribution in [2.24, 2.45) is 5.92 Å². The summed E-state index contributed by atoms with van der Waals surface area (Å²) in [6.45, 7) is 3.21. The molecule has 0 radical (unpaired) electrons.